The summed E-state index contributed by atoms with van der Waals surface area (Å²) in [6.45, 7) is 4.71. The number of thioether (sulfide) groups is 1. The Morgan fingerprint density at radius 1 is 1.00 bits per heavy atom. The fourth-order valence-electron chi connectivity index (χ4n) is 4.40. The summed E-state index contributed by atoms with van der Waals surface area (Å²) in [4.78, 5) is 28.8. The van der Waals surface area contributed by atoms with Crippen molar-refractivity contribution in [1.29, 1.82) is 0 Å². The van der Waals surface area contributed by atoms with Crippen molar-refractivity contribution in [1.82, 2.24) is 14.8 Å². The van der Waals surface area contributed by atoms with Crippen LogP contribution in [0.15, 0.2) is 53.7 Å². The van der Waals surface area contributed by atoms with E-state index in [0.717, 1.165) is 56.2 Å². The van der Waals surface area contributed by atoms with Crippen molar-refractivity contribution in [3.63, 3.8) is 0 Å². The number of carbonyl (C=O) groups is 2. The van der Waals surface area contributed by atoms with Crippen molar-refractivity contribution in [2.75, 3.05) is 40.5 Å². The summed E-state index contributed by atoms with van der Waals surface area (Å²) >= 11 is 1.37. The highest BCUT2D eigenvalue weighted by Crippen LogP contribution is 2.29. The second-order valence-electron chi connectivity index (χ2n) is 8.68. The fraction of sp³-hybridized carbons (Fsp3) is 0.360. The number of nitrogens with one attached hydrogen (secondary N) is 1. The van der Waals surface area contributed by atoms with Gasteiger partial charge in [0.15, 0.2) is 5.16 Å². The third-order valence-corrected chi connectivity index (χ3v) is 7.07. The van der Waals surface area contributed by atoms with E-state index in [-0.39, 0.29) is 17.6 Å². The predicted octanol–water partition coefficient (Wildman–Crippen LogP) is 4.03. The van der Waals surface area contributed by atoms with Crippen LogP contribution < -0.4 is 15.1 Å². The Labute approximate surface area is 203 Å². The van der Waals surface area contributed by atoms with E-state index in [1.54, 1.807) is 4.90 Å². The van der Waals surface area contributed by atoms with Gasteiger partial charge in [-0.05, 0) is 56.5 Å². The van der Waals surface area contributed by atoms with Crippen LogP contribution in [-0.4, -0.2) is 52.0 Å². The first kappa shape index (κ1) is 22.5. The van der Waals surface area contributed by atoms with Gasteiger partial charge in [-0.25, -0.2) is 0 Å². The van der Waals surface area contributed by atoms with E-state index in [1.807, 2.05) is 28.8 Å². The molecule has 176 valence electrons. The minimum Gasteiger partial charge on any atom is -0.341 e. The van der Waals surface area contributed by atoms with Crippen molar-refractivity contribution in [3.05, 3.63) is 54.1 Å². The Balaban J connectivity index is 1.30. The molecule has 2 amide bonds. The fourth-order valence-corrected chi connectivity index (χ4v) is 5.14. The van der Waals surface area contributed by atoms with Crippen molar-refractivity contribution in [2.45, 2.75) is 37.8 Å². The van der Waals surface area contributed by atoms with Gasteiger partial charge in [-0.15, -0.1) is 10.2 Å². The van der Waals surface area contributed by atoms with Gasteiger partial charge in [0.2, 0.25) is 17.8 Å². The molecular weight excluding hydrogens is 448 g/mol. The lowest BCUT2D eigenvalue weighted by molar-refractivity contribution is -0.117. The van der Waals surface area contributed by atoms with Gasteiger partial charge in [-0.1, -0.05) is 35.5 Å². The molecule has 2 saturated heterocycles. The first-order valence-electron chi connectivity index (χ1n) is 11.7. The quantitative estimate of drug-likeness (QED) is 0.519. The SMILES string of the molecule is Cc1ccc(-n2c(SCC(=O)Nc3cccc(N4CCCC4=O)c3)nnc2N2CCCC2)cc1. The molecule has 0 spiro atoms. The Bertz CT molecular complexity index is 1190. The molecule has 3 aromatic rings. The van der Waals surface area contributed by atoms with E-state index in [9.17, 15) is 9.59 Å². The largest absolute Gasteiger partial charge is 0.341 e. The van der Waals surface area contributed by atoms with Gasteiger partial charge in [0, 0.05) is 37.4 Å². The van der Waals surface area contributed by atoms with E-state index < -0.39 is 0 Å². The first-order valence-corrected chi connectivity index (χ1v) is 12.7. The maximum Gasteiger partial charge on any atom is 0.234 e. The summed E-state index contributed by atoms with van der Waals surface area (Å²) in [6.07, 6.45) is 3.74. The molecule has 5 rings (SSSR count). The monoisotopic (exact) mass is 476 g/mol. The summed E-state index contributed by atoms with van der Waals surface area (Å²) in [7, 11) is 0. The van der Waals surface area contributed by atoms with Gasteiger partial charge in [0.25, 0.3) is 0 Å². The van der Waals surface area contributed by atoms with Crippen molar-refractivity contribution in [3.8, 4) is 5.69 Å². The zero-order valence-electron chi connectivity index (χ0n) is 19.2. The van der Waals surface area contributed by atoms with Gasteiger partial charge in [-0.2, -0.15) is 0 Å². The number of hydrogen-bond acceptors (Lipinski definition) is 6. The molecule has 0 saturated carbocycles. The van der Waals surface area contributed by atoms with E-state index in [4.69, 9.17) is 0 Å². The average molecular weight is 477 g/mol. The molecule has 0 radical (unpaired) electrons. The van der Waals surface area contributed by atoms with Crippen LogP contribution in [0.2, 0.25) is 0 Å². The number of amides is 2. The Morgan fingerprint density at radius 2 is 1.79 bits per heavy atom. The average Bonchev–Trinajstić information content (AvgIpc) is 3.59. The van der Waals surface area contributed by atoms with Gasteiger partial charge >= 0.3 is 0 Å². The molecule has 9 heteroatoms. The number of aryl methyl sites for hydroxylation is 1. The highest BCUT2D eigenvalue weighted by Gasteiger charge is 2.24. The Hall–Kier alpha value is -3.33. The molecule has 0 atom stereocenters. The second kappa shape index (κ2) is 9.89. The minimum absolute atomic E-state index is 0.128. The molecule has 2 aliphatic rings. The number of rotatable bonds is 7. The van der Waals surface area contributed by atoms with Gasteiger partial charge in [0.1, 0.15) is 0 Å². The smallest absolute Gasteiger partial charge is 0.234 e. The topological polar surface area (TPSA) is 83.4 Å². The van der Waals surface area contributed by atoms with E-state index >= 15 is 0 Å². The third kappa shape index (κ3) is 4.79. The summed E-state index contributed by atoms with van der Waals surface area (Å²) in [5.41, 5.74) is 3.68. The maximum absolute atomic E-state index is 12.8. The van der Waals surface area contributed by atoms with Crippen LogP contribution in [0.1, 0.15) is 31.2 Å². The molecule has 0 bridgehead atoms. The summed E-state index contributed by atoms with van der Waals surface area (Å²) in [5.74, 6) is 1.03. The van der Waals surface area contributed by atoms with Crippen LogP contribution in [0.25, 0.3) is 5.69 Å². The number of aromatic nitrogens is 3. The lowest BCUT2D eigenvalue weighted by Gasteiger charge is -2.18. The normalized spacial score (nSPS) is 15.9. The predicted molar refractivity (Wildman–Crippen MR) is 135 cm³/mol. The second-order valence-corrected chi connectivity index (χ2v) is 9.63. The number of benzene rings is 2. The minimum atomic E-state index is -0.129. The van der Waals surface area contributed by atoms with E-state index in [1.165, 1.54) is 17.3 Å². The molecular formula is C25H28N6O2S. The molecule has 0 aliphatic carbocycles. The van der Waals surface area contributed by atoms with Gasteiger partial charge in [-0.3, -0.25) is 14.2 Å². The van der Waals surface area contributed by atoms with Gasteiger partial charge < -0.3 is 15.1 Å². The standard InChI is InChI=1S/C25H28N6O2S/c1-18-9-11-20(12-10-18)31-24(29-13-2-3-14-29)27-28-25(31)34-17-22(32)26-19-6-4-7-21(16-19)30-15-5-8-23(30)33/h4,6-7,9-12,16H,2-3,5,8,13-15,17H2,1H3,(H,26,32). The van der Waals surface area contributed by atoms with Crippen molar-refractivity contribution < 1.29 is 9.59 Å². The summed E-state index contributed by atoms with van der Waals surface area (Å²) < 4.78 is 2.04. The molecule has 2 aromatic carbocycles. The van der Waals surface area contributed by atoms with Crippen LogP contribution in [0.3, 0.4) is 0 Å². The lowest BCUT2D eigenvalue weighted by atomic mass is 10.2. The van der Waals surface area contributed by atoms with Crippen LogP contribution in [0, 0.1) is 6.92 Å². The number of carbonyl (C=O) groups excluding carboxylic acids is 2. The van der Waals surface area contributed by atoms with Crippen LogP contribution in [-0.2, 0) is 9.59 Å². The molecule has 1 N–H and O–H groups in total. The summed E-state index contributed by atoms with van der Waals surface area (Å²) in [6, 6.07) is 15.7. The van der Waals surface area contributed by atoms with Crippen LogP contribution in [0.5, 0.6) is 0 Å². The van der Waals surface area contributed by atoms with Crippen LogP contribution >= 0.6 is 11.8 Å². The zero-order valence-corrected chi connectivity index (χ0v) is 20.1. The van der Waals surface area contributed by atoms with Crippen molar-refractivity contribution in [2.24, 2.45) is 0 Å². The molecule has 2 aliphatic heterocycles. The molecule has 0 unspecified atom stereocenters. The molecule has 2 fully saturated rings. The van der Waals surface area contributed by atoms with Crippen LogP contribution in [0.4, 0.5) is 17.3 Å². The van der Waals surface area contributed by atoms with E-state index in [2.05, 4.69) is 51.6 Å². The van der Waals surface area contributed by atoms with Crippen molar-refractivity contribution >= 4 is 40.9 Å². The summed E-state index contributed by atoms with van der Waals surface area (Å²) in [5, 5.41) is 12.5. The molecule has 34 heavy (non-hydrogen) atoms. The van der Waals surface area contributed by atoms with E-state index in [0.29, 0.717) is 17.3 Å². The number of hydrogen-bond donors (Lipinski definition) is 1. The first-order chi connectivity index (χ1) is 16.6. The molecule has 8 nitrogen and oxygen atoms in total. The zero-order chi connectivity index (χ0) is 23.5. The molecule has 3 heterocycles. The highest BCUT2D eigenvalue weighted by molar-refractivity contribution is 7.99. The molecule has 1 aromatic heterocycles. The number of nitrogens with zero attached hydrogens (tertiary/aromatic N) is 5. The maximum atomic E-state index is 12.8. The van der Waals surface area contributed by atoms with Gasteiger partial charge in [0.05, 0.1) is 11.4 Å². The Morgan fingerprint density at radius 3 is 2.53 bits per heavy atom. The third-order valence-electron chi connectivity index (χ3n) is 6.14. The highest BCUT2D eigenvalue weighted by atomic mass is 32.2. The Kier molecular flexibility index (Phi) is 6.53. The number of anilines is 3. The lowest BCUT2D eigenvalue weighted by Crippen LogP contribution is -2.24.